The number of ether oxygens (including phenoxy) is 2. The van der Waals surface area contributed by atoms with E-state index in [1.54, 1.807) is 67.6 Å². The summed E-state index contributed by atoms with van der Waals surface area (Å²) in [5, 5.41) is 3.50. The Balaban J connectivity index is 1.66. The van der Waals surface area contributed by atoms with Gasteiger partial charge in [-0.15, -0.1) is 0 Å². The summed E-state index contributed by atoms with van der Waals surface area (Å²) >= 11 is 12.2. The van der Waals surface area contributed by atoms with Gasteiger partial charge in [0.15, 0.2) is 17.2 Å². The van der Waals surface area contributed by atoms with Crippen molar-refractivity contribution < 1.29 is 22.7 Å². The van der Waals surface area contributed by atoms with Gasteiger partial charge in [-0.3, -0.25) is 9.10 Å². The smallest absolute Gasteiger partial charge is 0.264 e. The van der Waals surface area contributed by atoms with Crippen LogP contribution < -0.4 is 19.1 Å². The number of nitrogens with one attached hydrogen (secondary N) is 1. The van der Waals surface area contributed by atoms with Gasteiger partial charge >= 0.3 is 0 Å². The van der Waals surface area contributed by atoms with Gasteiger partial charge in [0.25, 0.3) is 10.0 Å². The van der Waals surface area contributed by atoms with Crippen LogP contribution in [0.5, 0.6) is 17.2 Å². The molecule has 1 amide bonds. The van der Waals surface area contributed by atoms with E-state index in [4.69, 9.17) is 32.7 Å². The van der Waals surface area contributed by atoms with E-state index in [0.29, 0.717) is 38.5 Å². The predicted octanol–water partition coefficient (Wildman–Crippen LogP) is 6.94. The molecule has 4 aromatic carbocycles. The molecule has 7 nitrogen and oxygen atoms in total. The normalized spacial score (nSPS) is 11.1. The molecule has 0 atom stereocenters. The Bertz CT molecular complexity index is 1560. The van der Waals surface area contributed by atoms with E-state index in [9.17, 15) is 13.2 Å². The van der Waals surface area contributed by atoms with Crippen LogP contribution in [0.3, 0.4) is 0 Å². The Kier molecular flexibility index (Phi) is 8.46. The largest absolute Gasteiger partial charge is 0.493 e. The first kappa shape index (κ1) is 27.3. The second-order valence-corrected chi connectivity index (χ2v) is 10.9. The van der Waals surface area contributed by atoms with Crippen LogP contribution in [0.4, 0.5) is 11.4 Å². The molecule has 0 fully saturated rings. The molecular formula is C28H24Cl2N2O5S. The first-order chi connectivity index (χ1) is 18.2. The van der Waals surface area contributed by atoms with Gasteiger partial charge in [0.1, 0.15) is 6.54 Å². The fourth-order valence-electron chi connectivity index (χ4n) is 3.71. The van der Waals surface area contributed by atoms with Crippen molar-refractivity contribution in [1.82, 2.24) is 0 Å². The van der Waals surface area contributed by atoms with E-state index in [1.807, 2.05) is 0 Å². The number of nitrogens with zero attached hydrogens (tertiary/aromatic N) is 1. The molecule has 4 aromatic rings. The molecule has 0 saturated heterocycles. The second kappa shape index (κ2) is 11.8. The third-order valence-electron chi connectivity index (χ3n) is 5.58. The number of carbonyl (C=O) groups excluding carboxylic acids is 1. The lowest BCUT2D eigenvalue weighted by Crippen LogP contribution is -2.38. The van der Waals surface area contributed by atoms with Crippen LogP contribution in [-0.4, -0.2) is 28.0 Å². The second-order valence-electron chi connectivity index (χ2n) is 8.19. The molecule has 0 heterocycles. The number of carbonyl (C=O) groups is 1. The van der Waals surface area contributed by atoms with Crippen molar-refractivity contribution in [2.45, 2.75) is 11.8 Å². The third kappa shape index (κ3) is 6.22. The minimum absolute atomic E-state index is 0.000837. The zero-order chi connectivity index (χ0) is 27.3. The van der Waals surface area contributed by atoms with Crippen molar-refractivity contribution in [2.75, 3.05) is 23.3 Å². The average Bonchev–Trinajstić information content (AvgIpc) is 2.90. The summed E-state index contributed by atoms with van der Waals surface area (Å²) in [6, 6.07) is 24.5. The fraction of sp³-hybridized carbons (Fsp3) is 0.107. The summed E-state index contributed by atoms with van der Waals surface area (Å²) in [7, 11) is -2.59. The lowest BCUT2D eigenvalue weighted by molar-refractivity contribution is -0.114. The van der Waals surface area contributed by atoms with Gasteiger partial charge in [0.2, 0.25) is 5.91 Å². The van der Waals surface area contributed by atoms with Crippen LogP contribution in [0, 0.1) is 6.92 Å². The quantitative estimate of drug-likeness (QED) is 0.235. The standard InChI is InChI=1S/C28H24Cl2N2O5S/c1-19-7-3-4-8-24(19)32(38(34,35)22-14-11-20(29)12-15-22)18-28(33)31-23-17-21(30)13-16-25(23)37-27-10-6-5-9-26(27)36-2/h3-17H,18H2,1-2H3,(H,31,33). The average molecular weight is 571 g/mol. The highest BCUT2D eigenvalue weighted by Crippen LogP contribution is 2.36. The van der Waals surface area contributed by atoms with E-state index in [2.05, 4.69) is 5.32 Å². The lowest BCUT2D eigenvalue weighted by Gasteiger charge is -2.26. The molecule has 0 spiro atoms. The SMILES string of the molecule is COc1ccccc1Oc1ccc(Cl)cc1NC(=O)CN(c1ccccc1C)S(=O)(=O)c1ccc(Cl)cc1. The summed E-state index contributed by atoms with van der Waals surface area (Å²) in [5.74, 6) is 0.632. The number of anilines is 2. The first-order valence-electron chi connectivity index (χ1n) is 11.4. The number of para-hydroxylation sites is 3. The molecule has 4 rings (SSSR count). The van der Waals surface area contributed by atoms with Gasteiger partial charge < -0.3 is 14.8 Å². The third-order valence-corrected chi connectivity index (χ3v) is 7.84. The Labute approximate surface area is 231 Å². The molecule has 0 unspecified atom stereocenters. The van der Waals surface area contributed by atoms with E-state index in [-0.39, 0.29) is 10.6 Å². The van der Waals surface area contributed by atoms with Crippen molar-refractivity contribution in [3.63, 3.8) is 0 Å². The Morgan fingerprint density at radius 3 is 2.16 bits per heavy atom. The Morgan fingerprint density at radius 2 is 1.47 bits per heavy atom. The van der Waals surface area contributed by atoms with Gasteiger partial charge in [0, 0.05) is 10.0 Å². The van der Waals surface area contributed by atoms with Crippen LogP contribution in [0.1, 0.15) is 5.56 Å². The zero-order valence-corrected chi connectivity index (χ0v) is 22.8. The summed E-state index contributed by atoms with van der Waals surface area (Å²) < 4.78 is 39.7. The Morgan fingerprint density at radius 1 is 0.842 bits per heavy atom. The van der Waals surface area contributed by atoms with E-state index < -0.39 is 22.5 Å². The molecule has 1 N–H and O–H groups in total. The molecule has 0 aromatic heterocycles. The number of aryl methyl sites for hydroxylation is 1. The molecule has 0 aliphatic heterocycles. The summed E-state index contributed by atoms with van der Waals surface area (Å²) in [6.45, 7) is 1.27. The van der Waals surface area contributed by atoms with E-state index in [1.165, 1.54) is 37.4 Å². The van der Waals surface area contributed by atoms with Gasteiger partial charge in [-0.25, -0.2) is 8.42 Å². The molecule has 0 aliphatic rings. The van der Waals surface area contributed by atoms with Crippen LogP contribution in [0.25, 0.3) is 0 Å². The van der Waals surface area contributed by atoms with Crippen molar-refractivity contribution in [1.29, 1.82) is 0 Å². The minimum atomic E-state index is -4.12. The maximum absolute atomic E-state index is 13.7. The van der Waals surface area contributed by atoms with Gasteiger partial charge in [0.05, 0.1) is 23.4 Å². The summed E-state index contributed by atoms with van der Waals surface area (Å²) in [4.78, 5) is 13.3. The van der Waals surface area contributed by atoms with Gasteiger partial charge in [-0.05, 0) is 73.2 Å². The maximum Gasteiger partial charge on any atom is 0.264 e. The van der Waals surface area contributed by atoms with Crippen molar-refractivity contribution in [3.05, 3.63) is 107 Å². The predicted molar refractivity (Wildman–Crippen MR) is 150 cm³/mol. The molecule has 10 heteroatoms. The molecule has 38 heavy (non-hydrogen) atoms. The van der Waals surface area contributed by atoms with Crippen molar-refractivity contribution >= 4 is 50.5 Å². The number of rotatable bonds is 9. The minimum Gasteiger partial charge on any atom is -0.493 e. The number of methoxy groups -OCH3 is 1. The molecule has 0 aliphatic carbocycles. The highest BCUT2D eigenvalue weighted by Gasteiger charge is 2.28. The number of halogens is 2. The van der Waals surface area contributed by atoms with Crippen molar-refractivity contribution in [2.24, 2.45) is 0 Å². The number of hydrogen-bond acceptors (Lipinski definition) is 5. The lowest BCUT2D eigenvalue weighted by atomic mass is 10.2. The topological polar surface area (TPSA) is 84.9 Å². The maximum atomic E-state index is 13.7. The van der Waals surface area contributed by atoms with Gasteiger partial charge in [-0.1, -0.05) is 53.5 Å². The van der Waals surface area contributed by atoms with Gasteiger partial charge in [-0.2, -0.15) is 0 Å². The monoisotopic (exact) mass is 570 g/mol. The molecular weight excluding hydrogens is 547 g/mol. The zero-order valence-electron chi connectivity index (χ0n) is 20.5. The fourth-order valence-corrected chi connectivity index (χ4v) is 5.49. The first-order valence-corrected chi connectivity index (χ1v) is 13.6. The highest BCUT2D eigenvalue weighted by molar-refractivity contribution is 7.92. The number of amides is 1. The number of sulfonamides is 1. The van der Waals surface area contributed by atoms with Crippen molar-refractivity contribution in [3.8, 4) is 17.2 Å². The Hall–Kier alpha value is -3.72. The van der Waals surface area contributed by atoms with E-state index >= 15 is 0 Å². The molecule has 196 valence electrons. The van der Waals surface area contributed by atoms with Crippen LogP contribution >= 0.6 is 23.2 Å². The van der Waals surface area contributed by atoms with Crippen LogP contribution in [0.15, 0.2) is 95.9 Å². The van der Waals surface area contributed by atoms with E-state index in [0.717, 1.165) is 4.31 Å². The van der Waals surface area contributed by atoms with Crippen LogP contribution in [0.2, 0.25) is 10.0 Å². The highest BCUT2D eigenvalue weighted by atomic mass is 35.5. The molecule has 0 radical (unpaired) electrons. The summed E-state index contributed by atoms with van der Waals surface area (Å²) in [6.07, 6.45) is 0. The molecule has 0 saturated carbocycles. The number of benzene rings is 4. The van der Waals surface area contributed by atoms with Crippen LogP contribution in [-0.2, 0) is 14.8 Å². The molecule has 0 bridgehead atoms. The number of hydrogen-bond donors (Lipinski definition) is 1. The summed E-state index contributed by atoms with van der Waals surface area (Å²) in [5.41, 5.74) is 1.32.